The molecule has 0 bridgehead atoms. The Bertz CT molecular complexity index is 1400. The lowest BCUT2D eigenvalue weighted by molar-refractivity contribution is -0.295. The van der Waals surface area contributed by atoms with Gasteiger partial charge in [-0.05, 0) is 73.2 Å². The van der Waals surface area contributed by atoms with Crippen LogP contribution in [0.5, 0.6) is 0 Å². The molecule has 1 aromatic heterocycles. The molecule has 14 nitrogen and oxygen atoms in total. The summed E-state index contributed by atoms with van der Waals surface area (Å²) in [7, 11) is 5.19. The van der Waals surface area contributed by atoms with E-state index >= 15 is 0 Å². The van der Waals surface area contributed by atoms with Crippen molar-refractivity contribution in [3.8, 4) is 0 Å². The molecular formula is C36H55N3O11. The minimum absolute atomic E-state index is 0.0916. The van der Waals surface area contributed by atoms with Gasteiger partial charge in [-0.25, -0.2) is 4.79 Å². The summed E-state index contributed by atoms with van der Waals surface area (Å²) in [5, 5.41) is 16.8. The maximum atomic E-state index is 14.5. The molecule has 3 aliphatic heterocycles. The van der Waals surface area contributed by atoms with Crippen molar-refractivity contribution >= 4 is 29.8 Å². The number of Topliss-reactive ketones (excluding diaryl/α,β-unsaturated/α-hetero) is 2. The molecule has 0 spiro atoms. The molecule has 0 radical (unpaired) electrons. The van der Waals surface area contributed by atoms with E-state index in [1.54, 1.807) is 53.7 Å². The second-order valence-corrected chi connectivity index (χ2v) is 14.8. The van der Waals surface area contributed by atoms with Crippen LogP contribution in [0.15, 0.2) is 27.9 Å². The second-order valence-electron chi connectivity index (χ2n) is 14.8. The fraction of sp³-hybridized carbons (Fsp3) is 0.750. The molecule has 50 heavy (non-hydrogen) atoms. The van der Waals surface area contributed by atoms with E-state index < -0.39 is 83.4 Å². The maximum Gasteiger partial charge on any atom is 0.431 e. The van der Waals surface area contributed by atoms with Crippen LogP contribution in [0, 0.1) is 23.7 Å². The van der Waals surface area contributed by atoms with E-state index in [0.29, 0.717) is 12.2 Å². The van der Waals surface area contributed by atoms with Gasteiger partial charge >= 0.3 is 12.1 Å². The standard InChI is InChI=1S/C36H55N3O11/c1-12-26-36(8)30(39(34(44)50-36)37-18-24-14-13-15-46-24)21(4)27(40)19(2)17-35(7,45-11)31(22(5)28(41)23(6)32(43)48-26)49-33-29(42)25(38(9)10)16-20(3)47-33/h13-15,18-23,25-26,29-31,33,42H,12,16-17H2,1-11H3/b37-18+/t19-,20-,21+,22+,23-,25+,26-,29-,30-,31-,33+,35-,36-/m1/s1. The molecule has 4 heterocycles. The molecule has 1 N–H and O–H groups in total. The van der Waals surface area contributed by atoms with Crippen LogP contribution in [-0.4, -0.2) is 120 Å². The van der Waals surface area contributed by atoms with Gasteiger partial charge in [-0.3, -0.25) is 14.4 Å². The molecule has 0 aliphatic carbocycles. The molecule has 1 aromatic rings. The fourth-order valence-electron chi connectivity index (χ4n) is 7.94. The van der Waals surface area contributed by atoms with Crippen LogP contribution in [0.3, 0.4) is 0 Å². The molecule has 13 atom stereocenters. The van der Waals surface area contributed by atoms with Gasteiger partial charge in [0.2, 0.25) is 0 Å². The molecule has 0 saturated carbocycles. The van der Waals surface area contributed by atoms with Crippen molar-refractivity contribution in [2.45, 2.75) is 129 Å². The van der Waals surface area contributed by atoms with Gasteiger partial charge in [0.15, 0.2) is 17.7 Å². The molecule has 1 amide bonds. The van der Waals surface area contributed by atoms with Crippen LogP contribution in [0.25, 0.3) is 0 Å². The summed E-state index contributed by atoms with van der Waals surface area (Å²) in [5.41, 5.74) is -2.80. The first-order chi connectivity index (χ1) is 23.4. The van der Waals surface area contributed by atoms with Crippen LogP contribution in [-0.2, 0) is 38.1 Å². The molecule has 4 rings (SSSR count). The molecule has 3 fully saturated rings. The summed E-state index contributed by atoms with van der Waals surface area (Å²) in [6.07, 6.45) is -1.68. The number of hydrogen-bond acceptors (Lipinski definition) is 13. The molecule has 0 unspecified atom stereocenters. The van der Waals surface area contributed by atoms with Crippen LogP contribution in [0.2, 0.25) is 0 Å². The molecule has 3 aliphatic rings. The lowest BCUT2D eigenvalue weighted by Gasteiger charge is -2.47. The van der Waals surface area contributed by atoms with Crippen molar-refractivity contribution in [3.05, 3.63) is 24.2 Å². The number of aliphatic hydroxyl groups excluding tert-OH is 1. The summed E-state index contributed by atoms with van der Waals surface area (Å²) in [6.45, 7) is 13.6. The Balaban J connectivity index is 1.80. The predicted molar refractivity (Wildman–Crippen MR) is 181 cm³/mol. The van der Waals surface area contributed by atoms with Crippen LogP contribution >= 0.6 is 0 Å². The lowest BCUT2D eigenvalue weighted by atomic mass is 9.73. The first-order valence-corrected chi connectivity index (χ1v) is 17.5. The Hall–Kier alpha value is -3.17. The lowest BCUT2D eigenvalue weighted by Crippen LogP contribution is -2.60. The zero-order chi connectivity index (χ0) is 37.3. The van der Waals surface area contributed by atoms with E-state index in [2.05, 4.69) is 5.10 Å². The number of hydrogen-bond donors (Lipinski definition) is 1. The van der Waals surface area contributed by atoms with Gasteiger partial charge in [-0.1, -0.05) is 27.7 Å². The normalized spacial score (nSPS) is 40.9. The number of fused-ring (bicyclic) bond motifs is 1. The summed E-state index contributed by atoms with van der Waals surface area (Å²) in [6, 6.07) is 2.04. The van der Waals surface area contributed by atoms with E-state index in [1.165, 1.54) is 26.5 Å². The minimum Gasteiger partial charge on any atom is -0.463 e. The van der Waals surface area contributed by atoms with Gasteiger partial charge in [0, 0.05) is 30.9 Å². The minimum atomic E-state index is -1.51. The molecular weight excluding hydrogens is 650 g/mol. The third-order valence-electron chi connectivity index (χ3n) is 10.9. The number of aliphatic hydroxyl groups is 1. The molecule has 14 heteroatoms. The maximum absolute atomic E-state index is 14.5. The Morgan fingerprint density at radius 3 is 2.34 bits per heavy atom. The van der Waals surface area contributed by atoms with Gasteiger partial charge < -0.3 is 38.1 Å². The van der Waals surface area contributed by atoms with Gasteiger partial charge in [0.1, 0.15) is 35.7 Å². The first kappa shape index (κ1) is 39.6. The number of hydrazone groups is 1. The number of methoxy groups -OCH3 is 1. The van der Waals surface area contributed by atoms with E-state index in [9.17, 15) is 24.3 Å². The average molecular weight is 706 g/mol. The molecule has 0 aromatic carbocycles. The van der Waals surface area contributed by atoms with Crippen LogP contribution in [0.4, 0.5) is 4.79 Å². The highest BCUT2D eigenvalue weighted by molar-refractivity contribution is 6.00. The highest BCUT2D eigenvalue weighted by atomic mass is 16.7. The summed E-state index contributed by atoms with van der Waals surface area (Å²) in [4.78, 5) is 57.7. The van der Waals surface area contributed by atoms with Gasteiger partial charge in [0.05, 0.1) is 30.3 Å². The number of esters is 1. The number of furan rings is 1. The van der Waals surface area contributed by atoms with Crippen LogP contribution < -0.4 is 0 Å². The monoisotopic (exact) mass is 705 g/mol. The number of carbonyl (C=O) groups is 4. The Morgan fingerprint density at radius 1 is 1.08 bits per heavy atom. The van der Waals surface area contributed by atoms with Crippen molar-refractivity contribution < 1.29 is 52.4 Å². The number of nitrogens with zero attached hydrogens (tertiary/aromatic N) is 3. The van der Waals surface area contributed by atoms with Gasteiger partial charge in [-0.2, -0.15) is 10.1 Å². The number of rotatable bonds is 7. The van der Waals surface area contributed by atoms with E-state index in [-0.39, 0.29) is 30.8 Å². The van der Waals surface area contributed by atoms with Crippen molar-refractivity contribution in [3.63, 3.8) is 0 Å². The highest BCUT2D eigenvalue weighted by Crippen LogP contribution is 2.43. The van der Waals surface area contributed by atoms with E-state index in [1.807, 2.05) is 25.9 Å². The van der Waals surface area contributed by atoms with Crippen LogP contribution in [0.1, 0.15) is 80.4 Å². The van der Waals surface area contributed by atoms with Gasteiger partial charge in [-0.15, -0.1) is 0 Å². The van der Waals surface area contributed by atoms with E-state index in [0.717, 1.165) is 5.01 Å². The largest absolute Gasteiger partial charge is 0.463 e. The number of likely N-dealkylation sites (N-methyl/N-ethyl adjacent to an activating group) is 1. The summed E-state index contributed by atoms with van der Waals surface area (Å²) >= 11 is 0. The molecule has 3 saturated heterocycles. The number of amides is 1. The van der Waals surface area contributed by atoms with Gasteiger partial charge in [0.25, 0.3) is 0 Å². The topological polar surface area (TPSA) is 167 Å². The Kier molecular flexibility index (Phi) is 12.4. The fourth-order valence-corrected chi connectivity index (χ4v) is 7.94. The number of carbonyl (C=O) groups excluding carboxylic acids is 4. The summed E-state index contributed by atoms with van der Waals surface area (Å²) in [5.74, 6) is -4.93. The van der Waals surface area contributed by atoms with Crippen molar-refractivity contribution in [2.24, 2.45) is 28.8 Å². The quantitative estimate of drug-likeness (QED) is 0.248. The van der Waals surface area contributed by atoms with Crippen molar-refractivity contribution in [1.29, 1.82) is 0 Å². The number of ether oxygens (including phenoxy) is 5. The highest BCUT2D eigenvalue weighted by Gasteiger charge is 2.61. The first-order valence-electron chi connectivity index (χ1n) is 17.5. The number of ketones is 2. The molecule has 280 valence electrons. The van der Waals surface area contributed by atoms with Crippen molar-refractivity contribution in [2.75, 3.05) is 21.2 Å². The zero-order valence-electron chi connectivity index (χ0n) is 31.2. The third kappa shape index (κ3) is 7.69. The smallest absolute Gasteiger partial charge is 0.431 e. The van der Waals surface area contributed by atoms with E-state index in [4.69, 9.17) is 28.1 Å². The third-order valence-corrected chi connectivity index (χ3v) is 10.9. The number of cyclic esters (lactones) is 1. The summed E-state index contributed by atoms with van der Waals surface area (Å²) < 4.78 is 36.0. The predicted octanol–water partition coefficient (Wildman–Crippen LogP) is 3.82. The SMILES string of the molecule is CC[C@H]1OC(=O)[C@H](C)C(=O)[C@H](C)[C@@H](O[C@@H]2O[C@H](C)C[C@H](N(C)C)[C@H]2O)[C@](C)(OC)C[C@@H](C)C(=O)[C@H](C)[C@H]2N(/N=C/c3ccco3)C(=O)O[C@]12C. The Labute approximate surface area is 294 Å². The Morgan fingerprint density at radius 2 is 1.76 bits per heavy atom. The zero-order valence-corrected chi connectivity index (χ0v) is 31.2. The van der Waals surface area contributed by atoms with Crippen molar-refractivity contribution in [1.82, 2.24) is 9.91 Å². The average Bonchev–Trinajstić information content (AvgIpc) is 3.68. The second kappa shape index (κ2) is 15.6.